The van der Waals surface area contributed by atoms with E-state index in [1.54, 1.807) is 48.5 Å². The summed E-state index contributed by atoms with van der Waals surface area (Å²) in [5, 5.41) is 16.4. The molecule has 0 saturated heterocycles. The fourth-order valence-corrected chi connectivity index (χ4v) is 2.76. The molecule has 0 aliphatic rings. The molecule has 4 rings (SSSR count). The zero-order valence-electron chi connectivity index (χ0n) is 16.8. The summed E-state index contributed by atoms with van der Waals surface area (Å²) in [6.07, 6.45) is 0. The maximum absolute atomic E-state index is 13.4. The number of nitrogens with one attached hydrogen (secondary N) is 2. The van der Waals surface area contributed by atoms with Crippen LogP contribution in [-0.2, 0) is 0 Å². The average Bonchev–Trinajstić information content (AvgIpc) is 2.79. The molecular formula is C24H20F2N4O2. The van der Waals surface area contributed by atoms with Crippen molar-refractivity contribution in [3.8, 4) is 0 Å². The third-order valence-electron chi connectivity index (χ3n) is 4.35. The first-order chi connectivity index (χ1) is 15.5. The summed E-state index contributed by atoms with van der Waals surface area (Å²) in [5.74, 6) is -0.744. The molecule has 0 spiro atoms. The van der Waals surface area contributed by atoms with Crippen LogP contribution in [0.2, 0.25) is 0 Å². The molecule has 0 fully saturated rings. The van der Waals surface area contributed by atoms with Crippen molar-refractivity contribution in [2.75, 3.05) is 16.4 Å². The van der Waals surface area contributed by atoms with Crippen LogP contribution in [0.4, 0.5) is 42.9 Å². The van der Waals surface area contributed by atoms with Crippen LogP contribution < -0.4 is 16.4 Å². The maximum Gasteiger partial charge on any atom is 0.292 e. The zero-order valence-corrected chi connectivity index (χ0v) is 16.8. The highest BCUT2D eigenvalue weighted by Crippen LogP contribution is 2.28. The molecule has 4 aromatic carbocycles. The number of halogens is 2. The summed E-state index contributed by atoms with van der Waals surface area (Å²) in [6, 6.07) is 25.9. The third-order valence-corrected chi connectivity index (χ3v) is 4.35. The van der Waals surface area contributed by atoms with Crippen LogP contribution in [0.15, 0.2) is 97.1 Å². The minimum absolute atomic E-state index is 0.0873. The summed E-state index contributed by atoms with van der Waals surface area (Å²) in [6.45, 7) is 0. The van der Waals surface area contributed by atoms with Crippen LogP contribution in [-0.4, -0.2) is 4.92 Å². The van der Waals surface area contributed by atoms with Crippen molar-refractivity contribution in [1.82, 2.24) is 0 Å². The Bertz CT molecular complexity index is 1170. The van der Waals surface area contributed by atoms with E-state index in [4.69, 9.17) is 5.73 Å². The Kier molecular flexibility index (Phi) is 7.32. The van der Waals surface area contributed by atoms with Crippen LogP contribution in [0.1, 0.15) is 0 Å². The van der Waals surface area contributed by atoms with E-state index in [9.17, 15) is 18.9 Å². The monoisotopic (exact) mass is 434 g/mol. The van der Waals surface area contributed by atoms with Gasteiger partial charge in [0.15, 0.2) is 0 Å². The second-order valence-electron chi connectivity index (χ2n) is 6.57. The van der Waals surface area contributed by atoms with Gasteiger partial charge in [-0.1, -0.05) is 48.5 Å². The molecule has 0 amide bonds. The molecule has 6 nitrogen and oxygen atoms in total. The van der Waals surface area contributed by atoms with Gasteiger partial charge < -0.3 is 16.4 Å². The molecule has 162 valence electrons. The lowest BCUT2D eigenvalue weighted by Gasteiger charge is -2.09. The number of nitrogens with zero attached hydrogens (tertiary/aromatic N) is 1. The topological polar surface area (TPSA) is 93.2 Å². The first-order valence-corrected chi connectivity index (χ1v) is 9.56. The fourth-order valence-electron chi connectivity index (χ4n) is 2.76. The predicted octanol–water partition coefficient (Wildman–Crippen LogP) is 6.63. The molecule has 0 radical (unpaired) electrons. The highest BCUT2D eigenvalue weighted by molar-refractivity contribution is 5.72. The van der Waals surface area contributed by atoms with Gasteiger partial charge >= 0.3 is 0 Å². The second kappa shape index (κ2) is 10.5. The zero-order chi connectivity index (χ0) is 22.9. The van der Waals surface area contributed by atoms with Gasteiger partial charge in [0.05, 0.1) is 27.7 Å². The first kappa shape index (κ1) is 22.2. The van der Waals surface area contributed by atoms with Gasteiger partial charge in [-0.3, -0.25) is 10.1 Å². The van der Waals surface area contributed by atoms with Crippen LogP contribution >= 0.6 is 0 Å². The van der Waals surface area contributed by atoms with Gasteiger partial charge in [-0.15, -0.1) is 0 Å². The Labute approximate surface area is 183 Å². The van der Waals surface area contributed by atoms with Gasteiger partial charge in [-0.2, -0.15) is 0 Å². The summed E-state index contributed by atoms with van der Waals surface area (Å²) in [7, 11) is 0. The molecule has 0 aliphatic heterocycles. The summed E-state index contributed by atoms with van der Waals surface area (Å²) < 4.78 is 26.7. The van der Waals surface area contributed by atoms with Crippen molar-refractivity contribution >= 4 is 34.1 Å². The van der Waals surface area contributed by atoms with Crippen molar-refractivity contribution < 1.29 is 13.7 Å². The Balaban J connectivity index is 0.000000182. The molecule has 0 heterocycles. The lowest BCUT2D eigenvalue weighted by Crippen LogP contribution is -1.98. The Morgan fingerprint density at radius 3 is 1.53 bits per heavy atom. The minimum Gasteiger partial charge on any atom is -0.397 e. The molecule has 0 saturated carbocycles. The molecule has 0 atom stereocenters. The minimum atomic E-state index is -0.511. The SMILES string of the molecule is Nc1ccccc1Nc1ccccc1F.O=[N+]([O-])c1ccccc1Nc1ccccc1F. The van der Waals surface area contributed by atoms with E-state index in [1.807, 2.05) is 18.2 Å². The maximum atomic E-state index is 13.4. The highest BCUT2D eigenvalue weighted by atomic mass is 19.1. The molecule has 0 unspecified atom stereocenters. The second-order valence-corrected chi connectivity index (χ2v) is 6.57. The van der Waals surface area contributed by atoms with E-state index in [0.29, 0.717) is 17.1 Å². The number of hydrogen-bond donors (Lipinski definition) is 3. The van der Waals surface area contributed by atoms with E-state index in [0.717, 1.165) is 0 Å². The molecule has 0 bridgehead atoms. The smallest absolute Gasteiger partial charge is 0.292 e. The van der Waals surface area contributed by atoms with Crippen LogP contribution in [0, 0.1) is 21.7 Å². The summed E-state index contributed by atoms with van der Waals surface area (Å²) >= 11 is 0. The van der Waals surface area contributed by atoms with Gasteiger partial charge in [0.25, 0.3) is 5.69 Å². The van der Waals surface area contributed by atoms with Crippen LogP contribution in [0.25, 0.3) is 0 Å². The number of nitrogen functional groups attached to an aromatic ring is 1. The van der Waals surface area contributed by atoms with Crippen molar-refractivity contribution in [3.63, 3.8) is 0 Å². The van der Waals surface area contributed by atoms with E-state index in [-0.39, 0.29) is 22.9 Å². The van der Waals surface area contributed by atoms with E-state index < -0.39 is 10.7 Å². The number of rotatable bonds is 5. The number of nitro benzene ring substituents is 1. The largest absolute Gasteiger partial charge is 0.397 e. The van der Waals surface area contributed by atoms with Crippen LogP contribution in [0.3, 0.4) is 0 Å². The molecule has 4 N–H and O–H groups in total. The van der Waals surface area contributed by atoms with Crippen molar-refractivity contribution in [2.24, 2.45) is 0 Å². The summed E-state index contributed by atoms with van der Waals surface area (Å²) in [5.41, 5.74) is 7.86. The Morgan fingerprint density at radius 1 is 0.625 bits per heavy atom. The highest BCUT2D eigenvalue weighted by Gasteiger charge is 2.13. The van der Waals surface area contributed by atoms with Gasteiger partial charge in [-0.05, 0) is 42.5 Å². The first-order valence-electron chi connectivity index (χ1n) is 9.56. The molecular weight excluding hydrogens is 414 g/mol. The standard InChI is InChI=1S/C12H9FN2O2.C12H11FN2/c13-9-5-1-2-6-10(9)14-11-7-3-4-8-12(11)15(16)17;13-9-5-1-3-7-11(9)15-12-8-4-2-6-10(12)14/h1-8,14H;1-8,15H,14H2. The number of para-hydroxylation sites is 6. The van der Waals surface area contributed by atoms with E-state index in [2.05, 4.69) is 10.6 Å². The normalized spacial score (nSPS) is 9.94. The van der Waals surface area contributed by atoms with Gasteiger partial charge in [0, 0.05) is 6.07 Å². The molecule has 8 heteroatoms. The lowest BCUT2D eigenvalue weighted by atomic mass is 10.2. The summed E-state index contributed by atoms with van der Waals surface area (Å²) in [4.78, 5) is 10.3. The van der Waals surface area contributed by atoms with Gasteiger partial charge in [0.2, 0.25) is 0 Å². The molecule has 0 aliphatic carbocycles. The average molecular weight is 434 g/mol. The Hall–Kier alpha value is -4.46. The lowest BCUT2D eigenvalue weighted by molar-refractivity contribution is -0.383. The van der Waals surface area contributed by atoms with Gasteiger partial charge in [0.1, 0.15) is 17.3 Å². The number of benzene rings is 4. The predicted molar refractivity (Wildman–Crippen MR) is 123 cm³/mol. The number of nitro groups is 1. The quantitative estimate of drug-likeness (QED) is 0.186. The Morgan fingerprint density at radius 2 is 1.03 bits per heavy atom. The number of anilines is 5. The molecule has 0 aromatic heterocycles. The van der Waals surface area contributed by atoms with E-state index in [1.165, 1.54) is 30.3 Å². The van der Waals surface area contributed by atoms with E-state index >= 15 is 0 Å². The molecule has 4 aromatic rings. The third kappa shape index (κ3) is 5.79. The van der Waals surface area contributed by atoms with Crippen molar-refractivity contribution in [3.05, 3.63) is 119 Å². The van der Waals surface area contributed by atoms with Gasteiger partial charge in [-0.25, -0.2) is 8.78 Å². The van der Waals surface area contributed by atoms with Crippen LogP contribution in [0.5, 0.6) is 0 Å². The number of hydrogen-bond acceptors (Lipinski definition) is 5. The van der Waals surface area contributed by atoms with Crippen molar-refractivity contribution in [2.45, 2.75) is 0 Å². The molecule has 32 heavy (non-hydrogen) atoms. The fraction of sp³-hybridized carbons (Fsp3) is 0. The van der Waals surface area contributed by atoms with Crippen molar-refractivity contribution in [1.29, 1.82) is 0 Å². The number of nitrogens with two attached hydrogens (primary N) is 1.